The fraction of sp³-hybridized carbons (Fsp3) is 0.654. The summed E-state index contributed by atoms with van der Waals surface area (Å²) in [7, 11) is 0. The van der Waals surface area contributed by atoms with E-state index >= 15 is 0 Å². The second-order valence-electron chi connectivity index (χ2n) is 11.5. The topological polar surface area (TPSA) is 108 Å². The van der Waals surface area contributed by atoms with Crippen LogP contribution >= 0.6 is 0 Å². The van der Waals surface area contributed by atoms with Gasteiger partial charge < -0.3 is 20.5 Å². The number of carbonyl (C=O) groups is 3. The highest BCUT2D eigenvalue weighted by Gasteiger charge is 2.66. The van der Waals surface area contributed by atoms with E-state index in [0.29, 0.717) is 24.7 Å². The number of alkyl carbamates (subject to hydrolysis) is 1. The Balaban J connectivity index is 1.52. The molecule has 3 unspecified atom stereocenters. The lowest BCUT2D eigenvalue weighted by molar-refractivity contribution is -0.190. The fourth-order valence-corrected chi connectivity index (χ4v) is 6.43. The van der Waals surface area contributed by atoms with Gasteiger partial charge in [-0.1, -0.05) is 30.3 Å². The number of carbonyl (C=O) groups excluding carboxylic acids is 3. The third-order valence-electron chi connectivity index (χ3n) is 7.90. The van der Waals surface area contributed by atoms with Gasteiger partial charge in [0.2, 0.25) is 0 Å². The Hall–Kier alpha value is -2.41. The van der Waals surface area contributed by atoms with E-state index in [1.807, 2.05) is 37.3 Å². The number of hydrogen-bond acceptors (Lipinski definition) is 6. The number of nitrogens with two attached hydrogens (primary N) is 1. The van der Waals surface area contributed by atoms with Crippen LogP contribution in [-0.2, 0) is 25.5 Å². The van der Waals surface area contributed by atoms with Gasteiger partial charge in [0.1, 0.15) is 11.6 Å². The lowest BCUT2D eigenvalue weighted by atomic mass is 9.42. The summed E-state index contributed by atoms with van der Waals surface area (Å²) in [4.78, 5) is 39.2. The van der Waals surface area contributed by atoms with Gasteiger partial charge in [-0.25, -0.2) is 9.59 Å². The molecule has 1 aromatic rings. The molecule has 7 heteroatoms. The summed E-state index contributed by atoms with van der Waals surface area (Å²) in [6.07, 6.45) is 4.02. The third kappa shape index (κ3) is 4.65. The van der Waals surface area contributed by atoms with Gasteiger partial charge in [0, 0.05) is 12.0 Å². The molecular formula is C26H36N2O5. The monoisotopic (exact) mass is 456 g/mol. The lowest BCUT2D eigenvalue weighted by Gasteiger charge is -2.63. The number of benzene rings is 1. The molecular weight excluding hydrogens is 420 g/mol. The van der Waals surface area contributed by atoms with Crippen LogP contribution in [0.25, 0.3) is 0 Å². The van der Waals surface area contributed by atoms with Gasteiger partial charge >= 0.3 is 18.0 Å². The summed E-state index contributed by atoms with van der Waals surface area (Å²) < 4.78 is 10.8. The Morgan fingerprint density at radius 2 is 1.70 bits per heavy atom. The van der Waals surface area contributed by atoms with Crippen molar-refractivity contribution < 1.29 is 23.9 Å². The van der Waals surface area contributed by atoms with E-state index in [-0.39, 0.29) is 12.3 Å². The van der Waals surface area contributed by atoms with Gasteiger partial charge in [-0.3, -0.25) is 4.79 Å². The molecule has 7 nitrogen and oxygen atoms in total. The molecule has 1 aromatic carbocycles. The van der Waals surface area contributed by atoms with Crippen LogP contribution in [0.1, 0.15) is 65.4 Å². The van der Waals surface area contributed by atoms with Crippen LogP contribution in [0.3, 0.4) is 0 Å². The maximum Gasteiger partial charge on any atom is 0.408 e. The van der Waals surface area contributed by atoms with Gasteiger partial charge in [-0.15, -0.1) is 0 Å². The van der Waals surface area contributed by atoms with Crippen molar-refractivity contribution in [2.24, 2.45) is 28.9 Å². The second-order valence-corrected chi connectivity index (χ2v) is 11.5. The number of rotatable bonds is 5. The minimum atomic E-state index is -1.05. The van der Waals surface area contributed by atoms with Gasteiger partial charge in [-0.2, -0.15) is 0 Å². The average molecular weight is 457 g/mol. The predicted molar refractivity (Wildman–Crippen MR) is 123 cm³/mol. The summed E-state index contributed by atoms with van der Waals surface area (Å²) in [5, 5.41) is 2.60. The van der Waals surface area contributed by atoms with Crippen LogP contribution in [0.5, 0.6) is 0 Å². The number of hydrogen-bond donors (Lipinski definition) is 2. The maximum absolute atomic E-state index is 13.5. The van der Waals surface area contributed by atoms with Gasteiger partial charge in [-0.05, 0) is 83.1 Å². The maximum atomic E-state index is 13.5. The summed E-state index contributed by atoms with van der Waals surface area (Å²) in [5.41, 5.74) is 5.33. The van der Waals surface area contributed by atoms with E-state index in [9.17, 15) is 14.4 Å². The minimum absolute atomic E-state index is 0.187. The van der Waals surface area contributed by atoms with E-state index in [2.05, 4.69) is 5.32 Å². The summed E-state index contributed by atoms with van der Waals surface area (Å²) in [6, 6.07) is 8.24. The number of esters is 2. The van der Waals surface area contributed by atoms with Gasteiger partial charge in [0.15, 0.2) is 0 Å². The molecule has 0 spiro atoms. The number of ether oxygens (including phenoxy) is 2. The highest BCUT2D eigenvalue weighted by Crippen LogP contribution is 2.64. The zero-order valence-corrected chi connectivity index (χ0v) is 20.1. The first kappa shape index (κ1) is 23.7. The number of amides is 1. The Bertz CT molecular complexity index is 906. The molecule has 33 heavy (non-hydrogen) atoms. The Morgan fingerprint density at radius 1 is 1.09 bits per heavy atom. The Labute approximate surface area is 195 Å². The van der Waals surface area contributed by atoms with Crippen LogP contribution in [-0.4, -0.2) is 35.2 Å². The molecule has 0 saturated heterocycles. The number of nitrogens with one attached hydrogen (secondary N) is 1. The Kier molecular flexibility index (Phi) is 6.06. The molecule has 4 bridgehead atoms. The molecule has 3 N–H and O–H groups in total. The van der Waals surface area contributed by atoms with Crippen molar-refractivity contribution >= 4 is 18.0 Å². The van der Waals surface area contributed by atoms with Crippen molar-refractivity contribution in [2.75, 3.05) is 0 Å². The molecule has 4 saturated carbocycles. The van der Waals surface area contributed by atoms with E-state index in [4.69, 9.17) is 15.2 Å². The smallest absolute Gasteiger partial charge is 0.408 e. The first-order valence-electron chi connectivity index (χ1n) is 12.0. The van der Waals surface area contributed by atoms with Crippen LogP contribution in [0.4, 0.5) is 4.79 Å². The van der Waals surface area contributed by atoms with E-state index in [0.717, 1.165) is 24.8 Å². The van der Waals surface area contributed by atoms with E-state index in [1.54, 1.807) is 20.8 Å². The van der Waals surface area contributed by atoms with Crippen molar-refractivity contribution in [3.63, 3.8) is 0 Å². The molecule has 4 atom stereocenters. The molecule has 1 amide bonds. The molecule has 4 aliphatic rings. The summed E-state index contributed by atoms with van der Waals surface area (Å²) >= 11 is 0. The average Bonchev–Trinajstić information content (AvgIpc) is 2.70. The Morgan fingerprint density at radius 3 is 2.27 bits per heavy atom. The van der Waals surface area contributed by atoms with Gasteiger partial charge in [0.05, 0.1) is 5.41 Å². The lowest BCUT2D eigenvalue weighted by Crippen LogP contribution is -2.70. The highest BCUT2D eigenvalue weighted by atomic mass is 16.6. The molecule has 0 heterocycles. The second kappa shape index (κ2) is 8.42. The zero-order valence-electron chi connectivity index (χ0n) is 20.1. The largest absolute Gasteiger partial charge is 0.444 e. The molecule has 0 radical (unpaired) electrons. The molecule has 180 valence electrons. The predicted octanol–water partition coefficient (Wildman–Crippen LogP) is 3.74. The van der Waals surface area contributed by atoms with Crippen molar-refractivity contribution in [1.29, 1.82) is 0 Å². The van der Waals surface area contributed by atoms with Crippen LogP contribution in [0.2, 0.25) is 0 Å². The third-order valence-corrected chi connectivity index (χ3v) is 7.90. The van der Waals surface area contributed by atoms with Crippen molar-refractivity contribution in [3.8, 4) is 0 Å². The van der Waals surface area contributed by atoms with E-state index < -0.39 is 40.6 Å². The summed E-state index contributed by atoms with van der Waals surface area (Å²) in [5.74, 6) is -0.128. The van der Waals surface area contributed by atoms with Crippen molar-refractivity contribution in [3.05, 3.63) is 35.9 Å². The summed E-state index contributed by atoms with van der Waals surface area (Å²) in [6.45, 7) is 7.18. The molecule has 0 aliphatic heterocycles. The van der Waals surface area contributed by atoms with Crippen molar-refractivity contribution in [2.45, 2.75) is 83.4 Å². The van der Waals surface area contributed by atoms with Crippen LogP contribution < -0.4 is 11.1 Å². The zero-order chi connectivity index (χ0) is 24.0. The molecule has 5 rings (SSSR count). The minimum Gasteiger partial charge on any atom is -0.444 e. The van der Waals surface area contributed by atoms with Gasteiger partial charge in [0.25, 0.3) is 0 Å². The SMILES string of the molecule is CC(C)(C)OC(=O)N[C@@H](Cc1ccccc1)C(=O)OC(=O)C12CC3CC(CC(C3)C1(C)N)C2. The van der Waals surface area contributed by atoms with E-state index in [1.165, 1.54) is 0 Å². The van der Waals surface area contributed by atoms with Crippen molar-refractivity contribution in [1.82, 2.24) is 5.32 Å². The van der Waals surface area contributed by atoms with Crippen LogP contribution in [0.15, 0.2) is 30.3 Å². The van der Waals surface area contributed by atoms with Crippen LogP contribution in [0, 0.1) is 23.2 Å². The molecule has 0 aromatic heterocycles. The fourth-order valence-electron chi connectivity index (χ4n) is 6.43. The standard InChI is InChI=1S/C26H36N2O5/c1-24(2,3)33-23(31)28-20(13-16-8-6-5-7-9-16)21(29)32-22(30)26-14-17-10-18(15-26)12-19(11-17)25(26,4)27/h5-9,17-20H,10-15,27H2,1-4H3,(H,28,31)/t17?,18?,19?,20-,25?,26?/m0/s1. The highest BCUT2D eigenvalue weighted by molar-refractivity contribution is 5.93. The normalized spacial score (nSPS) is 33.3. The molecule has 4 fully saturated rings. The quantitative estimate of drug-likeness (QED) is 0.516. The molecule has 4 aliphatic carbocycles. The first-order chi connectivity index (χ1) is 15.4. The first-order valence-corrected chi connectivity index (χ1v) is 12.0.